The van der Waals surface area contributed by atoms with Crippen LogP contribution < -0.4 is 0 Å². The van der Waals surface area contributed by atoms with E-state index in [1.807, 2.05) is 0 Å². The largest absolute Gasteiger partial charge is 0.385 e. The van der Waals surface area contributed by atoms with Gasteiger partial charge in [0.15, 0.2) is 0 Å². The van der Waals surface area contributed by atoms with Gasteiger partial charge >= 0.3 is 0 Å². The minimum absolute atomic E-state index is 0.276. The van der Waals surface area contributed by atoms with Crippen LogP contribution in [-0.4, -0.2) is 13.7 Å². The van der Waals surface area contributed by atoms with Crippen molar-refractivity contribution >= 4 is 0 Å². The molecule has 1 heteroatoms. The molecule has 1 unspecified atom stereocenters. The Morgan fingerprint density at radius 2 is 1.29 bits per heavy atom. The minimum Gasteiger partial charge on any atom is -0.385 e. The predicted octanol–water partition coefficient (Wildman–Crippen LogP) is 7.80. The van der Waals surface area contributed by atoms with Crippen molar-refractivity contribution in [3.63, 3.8) is 0 Å². The van der Waals surface area contributed by atoms with Crippen molar-refractivity contribution in [1.29, 1.82) is 0 Å². The maximum Gasteiger partial charge on any atom is 0.0462 e. The first-order chi connectivity index (χ1) is 11.0. The molecule has 0 aliphatic carbocycles. The smallest absolute Gasteiger partial charge is 0.0462 e. The molecule has 144 valence electrons. The summed E-state index contributed by atoms with van der Waals surface area (Å²) in [7, 11) is 1.79. The van der Waals surface area contributed by atoms with Crippen LogP contribution in [0.3, 0.4) is 0 Å². The van der Waals surface area contributed by atoms with Crippen molar-refractivity contribution in [3.8, 4) is 0 Å². The number of allylic oxidation sites excluding steroid dienone is 2. The van der Waals surface area contributed by atoms with Gasteiger partial charge in [-0.1, -0.05) is 85.8 Å². The second kappa shape index (κ2) is 10.6. The third-order valence-electron chi connectivity index (χ3n) is 5.64. The van der Waals surface area contributed by atoms with E-state index >= 15 is 0 Å². The summed E-state index contributed by atoms with van der Waals surface area (Å²) in [6.45, 7) is 20.0. The number of unbranched alkanes of at least 4 members (excludes halogenated alkanes) is 5. The standard InChI is InChI=1S/C23H46O/c1-10-20(17-15-13-11-12-14-16-18-24-9)23(8,22(5,6)7)19-21(2,3)4/h10H,11-19H2,1-9H3. The van der Waals surface area contributed by atoms with Gasteiger partial charge in [0.25, 0.3) is 0 Å². The average molecular weight is 339 g/mol. The highest BCUT2D eigenvalue weighted by molar-refractivity contribution is 5.17. The van der Waals surface area contributed by atoms with Gasteiger partial charge in [-0.3, -0.25) is 0 Å². The van der Waals surface area contributed by atoms with Crippen LogP contribution in [0.5, 0.6) is 0 Å². The van der Waals surface area contributed by atoms with Crippen molar-refractivity contribution in [3.05, 3.63) is 11.6 Å². The van der Waals surface area contributed by atoms with Gasteiger partial charge in [-0.05, 0) is 48.9 Å². The lowest BCUT2D eigenvalue weighted by Crippen LogP contribution is -2.38. The van der Waals surface area contributed by atoms with Crippen LogP contribution in [0.15, 0.2) is 11.6 Å². The maximum absolute atomic E-state index is 5.12. The summed E-state index contributed by atoms with van der Waals surface area (Å²) >= 11 is 0. The number of rotatable bonds is 11. The summed E-state index contributed by atoms with van der Waals surface area (Å²) in [6.07, 6.45) is 12.9. The van der Waals surface area contributed by atoms with E-state index in [1.54, 1.807) is 12.7 Å². The predicted molar refractivity (Wildman–Crippen MR) is 110 cm³/mol. The van der Waals surface area contributed by atoms with Gasteiger partial charge in [0, 0.05) is 13.7 Å². The molecule has 0 amide bonds. The lowest BCUT2D eigenvalue weighted by Gasteiger charge is -2.48. The number of ether oxygens (including phenoxy) is 1. The molecule has 0 aliphatic heterocycles. The van der Waals surface area contributed by atoms with E-state index in [0.717, 1.165) is 6.61 Å². The van der Waals surface area contributed by atoms with Crippen LogP contribution in [0.4, 0.5) is 0 Å². The zero-order chi connectivity index (χ0) is 18.9. The quantitative estimate of drug-likeness (QED) is 0.276. The van der Waals surface area contributed by atoms with Crippen molar-refractivity contribution in [2.75, 3.05) is 13.7 Å². The molecule has 0 aromatic rings. The molecular weight excluding hydrogens is 292 g/mol. The first kappa shape index (κ1) is 23.7. The van der Waals surface area contributed by atoms with Crippen molar-refractivity contribution in [1.82, 2.24) is 0 Å². The van der Waals surface area contributed by atoms with Gasteiger partial charge in [0.2, 0.25) is 0 Å². The molecule has 0 aromatic carbocycles. The summed E-state index contributed by atoms with van der Waals surface area (Å²) in [5.74, 6) is 0. The van der Waals surface area contributed by atoms with Crippen molar-refractivity contribution in [2.24, 2.45) is 16.2 Å². The molecule has 1 atom stereocenters. The van der Waals surface area contributed by atoms with E-state index in [4.69, 9.17) is 4.74 Å². The zero-order valence-electron chi connectivity index (χ0n) is 18.3. The molecule has 0 spiro atoms. The molecular formula is C23H46O. The average Bonchev–Trinajstić information content (AvgIpc) is 2.42. The summed E-state index contributed by atoms with van der Waals surface area (Å²) in [4.78, 5) is 0. The second-order valence-electron chi connectivity index (χ2n) is 10.00. The highest BCUT2D eigenvalue weighted by atomic mass is 16.5. The number of hydrogen-bond acceptors (Lipinski definition) is 1. The highest BCUT2D eigenvalue weighted by Crippen LogP contribution is 2.52. The lowest BCUT2D eigenvalue weighted by molar-refractivity contribution is 0.0879. The third kappa shape index (κ3) is 8.70. The molecule has 0 saturated carbocycles. The van der Waals surface area contributed by atoms with E-state index in [0.29, 0.717) is 10.8 Å². The summed E-state index contributed by atoms with van der Waals surface area (Å²) in [5.41, 5.74) is 2.60. The Morgan fingerprint density at radius 1 is 0.792 bits per heavy atom. The van der Waals surface area contributed by atoms with Crippen molar-refractivity contribution in [2.45, 2.75) is 107 Å². The lowest BCUT2D eigenvalue weighted by atomic mass is 9.57. The Hall–Kier alpha value is -0.300. The van der Waals surface area contributed by atoms with Gasteiger partial charge in [-0.25, -0.2) is 0 Å². The van der Waals surface area contributed by atoms with Crippen LogP contribution >= 0.6 is 0 Å². The maximum atomic E-state index is 5.12. The Balaban J connectivity index is 4.56. The van der Waals surface area contributed by atoms with E-state index in [-0.39, 0.29) is 5.41 Å². The molecule has 0 saturated heterocycles. The number of methoxy groups -OCH3 is 1. The Labute approximate surface area is 153 Å². The molecule has 0 radical (unpaired) electrons. The summed E-state index contributed by atoms with van der Waals surface area (Å²) < 4.78 is 5.12. The fraction of sp³-hybridized carbons (Fsp3) is 0.913. The molecule has 0 fully saturated rings. The van der Waals surface area contributed by atoms with Crippen LogP contribution in [-0.2, 0) is 4.74 Å². The molecule has 0 N–H and O–H groups in total. The summed E-state index contributed by atoms with van der Waals surface area (Å²) in [5, 5.41) is 0. The van der Waals surface area contributed by atoms with Gasteiger partial charge < -0.3 is 4.74 Å². The van der Waals surface area contributed by atoms with Crippen LogP contribution in [0.1, 0.15) is 107 Å². The molecule has 0 aromatic heterocycles. The Kier molecular flexibility index (Phi) is 10.5. The van der Waals surface area contributed by atoms with Crippen LogP contribution in [0.25, 0.3) is 0 Å². The van der Waals surface area contributed by atoms with Crippen LogP contribution in [0.2, 0.25) is 0 Å². The van der Waals surface area contributed by atoms with E-state index in [1.165, 1.54) is 51.4 Å². The fourth-order valence-electron chi connectivity index (χ4n) is 3.93. The summed E-state index contributed by atoms with van der Waals surface area (Å²) in [6, 6.07) is 0. The highest BCUT2D eigenvalue weighted by Gasteiger charge is 2.42. The van der Waals surface area contributed by atoms with Crippen LogP contribution in [0, 0.1) is 16.2 Å². The van der Waals surface area contributed by atoms with E-state index in [2.05, 4.69) is 61.5 Å². The fourth-order valence-corrected chi connectivity index (χ4v) is 3.93. The van der Waals surface area contributed by atoms with E-state index < -0.39 is 0 Å². The van der Waals surface area contributed by atoms with Gasteiger partial charge in [0.1, 0.15) is 0 Å². The first-order valence-electron chi connectivity index (χ1n) is 10.1. The Bertz CT molecular complexity index is 353. The topological polar surface area (TPSA) is 9.23 Å². The van der Waals surface area contributed by atoms with Gasteiger partial charge in [-0.15, -0.1) is 0 Å². The van der Waals surface area contributed by atoms with Gasteiger partial charge in [-0.2, -0.15) is 0 Å². The minimum atomic E-state index is 0.276. The number of hydrogen-bond donors (Lipinski definition) is 0. The SMILES string of the molecule is CC=C(CCCCCCCCOC)C(C)(CC(C)(C)C)C(C)(C)C. The zero-order valence-corrected chi connectivity index (χ0v) is 18.3. The molecule has 0 rings (SSSR count). The second-order valence-corrected chi connectivity index (χ2v) is 10.00. The van der Waals surface area contributed by atoms with Gasteiger partial charge in [0.05, 0.1) is 0 Å². The van der Waals surface area contributed by atoms with Crippen molar-refractivity contribution < 1.29 is 4.74 Å². The third-order valence-corrected chi connectivity index (χ3v) is 5.64. The molecule has 1 nitrogen and oxygen atoms in total. The molecule has 24 heavy (non-hydrogen) atoms. The normalized spacial score (nSPS) is 16.3. The Morgan fingerprint density at radius 3 is 1.71 bits per heavy atom. The molecule has 0 heterocycles. The monoisotopic (exact) mass is 338 g/mol. The van der Waals surface area contributed by atoms with E-state index in [9.17, 15) is 0 Å². The first-order valence-corrected chi connectivity index (χ1v) is 10.1. The molecule has 0 aliphatic rings. The molecule has 0 bridgehead atoms.